The fourth-order valence-electron chi connectivity index (χ4n) is 2.01. The number of benzene rings is 2. The molecule has 0 aliphatic rings. The van der Waals surface area contributed by atoms with E-state index >= 15 is 0 Å². The lowest BCUT2D eigenvalue weighted by Crippen LogP contribution is -2.21. The van der Waals surface area contributed by atoms with Gasteiger partial charge in [-0.15, -0.1) is 0 Å². The highest BCUT2D eigenvalue weighted by molar-refractivity contribution is 9.10. The largest absolute Gasteiger partial charge is 0.491 e. The van der Waals surface area contributed by atoms with Crippen LogP contribution in [0, 0.1) is 0 Å². The van der Waals surface area contributed by atoms with E-state index < -0.39 is 0 Å². The first-order valence-electron chi connectivity index (χ1n) is 7.77. The van der Waals surface area contributed by atoms with Crippen LogP contribution >= 0.6 is 15.9 Å². The van der Waals surface area contributed by atoms with Gasteiger partial charge in [-0.05, 0) is 37.3 Å². The fourth-order valence-corrected chi connectivity index (χ4v) is 2.41. The first-order valence-corrected chi connectivity index (χ1v) is 8.56. The van der Waals surface area contributed by atoms with Gasteiger partial charge in [-0.2, -0.15) is 0 Å². The molecule has 0 spiro atoms. The van der Waals surface area contributed by atoms with Crippen molar-refractivity contribution in [1.82, 2.24) is 0 Å². The Kier molecular flexibility index (Phi) is 7.58. The van der Waals surface area contributed by atoms with Crippen molar-refractivity contribution in [3.8, 4) is 5.75 Å². The smallest absolute Gasteiger partial charge is 0.243 e. The van der Waals surface area contributed by atoms with Gasteiger partial charge in [0.15, 0.2) is 0 Å². The number of halogens is 1. The van der Waals surface area contributed by atoms with Gasteiger partial charge in [0.2, 0.25) is 5.91 Å². The minimum atomic E-state index is -0.124. The van der Waals surface area contributed by atoms with Gasteiger partial charge in [0.1, 0.15) is 12.4 Å². The van der Waals surface area contributed by atoms with Crippen molar-refractivity contribution >= 4 is 33.2 Å². The number of carbonyl (C=O) groups is 1. The molecule has 0 aromatic heterocycles. The summed E-state index contributed by atoms with van der Waals surface area (Å²) in [6, 6.07) is 15.0. The Hall–Kier alpha value is -2.05. The molecule has 2 N–H and O–H groups in total. The molecular weight excluding hydrogens is 372 g/mol. The van der Waals surface area contributed by atoms with Crippen LogP contribution in [0.5, 0.6) is 5.75 Å². The molecule has 2 rings (SSSR count). The lowest BCUT2D eigenvalue weighted by molar-refractivity contribution is -0.114. The zero-order chi connectivity index (χ0) is 17.2. The predicted octanol–water partition coefficient (Wildman–Crippen LogP) is 3.92. The lowest BCUT2D eigenvalue weighted by atomic mass is 10.3. The first kappa shape index (κ1) is 18.3. The Morgan fingerprint density at radius 2 is 1.88 bits per heavy atom. The summed E-state index contributed by atoms with van der Waals surface area (Å²) in [4.78, 5) is 12.0. The average Bonchev–Trinajstić information content (AvgIpc) is 2.57. The maximum absolute atomic E-state index is 12.0. The van der Waals surface area contributed by atoms with Crippen molar-refractivity contribution in [2.75, 3.05) is 37.0 Å². The normalized spacial score (nSPS) is 10.2. The molecule has 0 aliphatic carbocycles. The molecule has 2 aromatic rings. The predicted molar refractivity (Wildman–Crippen MR) is 99.7 cm³/mol. The zero-order valence-electron chi connectivity index (χ0n) is 13.5. The van der Waals surface area contributed by atoms with Crippen LogP contribution in [-0.2, 0) is 9.53 Å². The number of amides is 1. The van der Waals surface area contributed by atoms with Crippen molar-refractivity contribution < 1.29 is 14.3 Å². The van der Waals surface area contributed by atoms with Crippen molar-refractivity contribution in [3.63, 3.8) is 0 Å². The molecule has 24 heavy (non-hydrogen) atoms. The van der Waals surface area contributed by atoms with Crippen LogP contribution in [0.25, 0.3) is 0 Å². The highest BCUT2D eigenvalue weighted by atomic mass is 79.9. The maximum Gasteiger partial charge on any atom is 0.243 e. The molecule has 1 amide bonds. The Morgan fingerprint density at radius 3 is 2.67 bits per heavy atom. The number of carbonyl (C=O) groups excluding carboxylic acids is 1. The van der Waals surface area contributed by atoms with Gasteiger partial charge in [-0.25, -0.2) is 0 Å². The second kappa shape index (κ2) is 9.95. The van der Waals surface area contributed by atoms with Crippen molar-refractivity contribution in [1.29, 1.82) is 0 Å². The number of nitrogens with one attached hydrogen (secondary N) is 2. The van der Waals surface area contributed by atoms with Gasteiger partial charge < -0.3 is 20.1 Å². The second-order valence-corrected chi connectivity index (χ2v) is 5.90. The van der Waals surface area contributed by atoms with E-state index in [1.165, 1.54) is 0 Å². The van der Waals surface area contributed by atoms with E-state index in [1.807, 2.05) is 49.4 Å². The van der Waals surface area contributed by atoms with Crippen LogP contribution < -0.4 is 15.4 Å². The number of anilines is 2. The van der Waals surface area contributed by atoms with Crippen LogP contribution in [0.4, 0.5) is 11.4 Å². The highest BCUT2D eigenvalue weighted by Gasteiger charge is 2.04. The summed E-state index contributed by atoms with van der Waals surface area (Å²) in [5.41, 5.74) is 1.58. The maximum atomic E-state index is 12.0. The summed E-state index contributed by atoms with van der Waals surface area (Å²) in [6.07, 6.45) is 0. The summed E-state index contributed by atoms with van der Waals surface area (Å²) >= 11 is 3.40. The number of ether oxygens (including phenoxy) is 2. The quantitative estimate of drug-likeness (QED) is 0.635. The van der Waals surface area contributed by atoms with Crippen LogP contribution in [0.1, 0.15) is 6.92 Å². The average molecular weight is 393 g/mol. The third-order valence-electron chi connectivity index (χ3n) is 3.10. The van der Waals surface area contributed by atoms with E-state index in [0.29, 0.717) is 31.3 Å². The molecule has 0 atom stereocenters. The van der Waals surface area contributed by atoms with Gasteiger partial charge in [0, 0.05) is 28.5 Å². The number of hydrogen-bond donors (Lipinski definition) is 2. The topological polar surface area (TPSA) is 59.6 Å². The minimum Gasteiger partial charge on any atom is -0.491 e. The van der Waals surface area contributed by atoms with Crippen molar-refractivity contribution in [3.05, 3.63) is 53.0 Å². The fraction of sp³-hybridized carbons (Fsp3) is 0.278. The van der Waals surface area contributed by atoms with E-state index in [4.69, 9.17) is 9.47 Å². The van der Waals surface area contributed by atoms with Crippen LogP contribution in [0.15, 0.2) is 53.0 Å². The van der Waals surface area contributed by atoms with E-state index in [1.54, 1.807) is 6.07 Å². The van der Waals surface area contributed by atoms with Crippen LogP contribution in [-0.4, -0.2) is 32.3 Å². The molecule has 0 radical (unpaired) electrons. The molecule has 0 saturated heterocycles. The molecule has 0 heterocycles. The Bertz CT molecular complexity index is 664. The summed E-state index contributed by atoms with van der Waals surface area (Å²) in [7, 11) is 0. The van der Waals surface area contributed by atoms with Crippen LogP contribution in [0.3, 0.4) is 0 Å². The molecule has 6 heteroatoms. The SMILES string of the molecule is CCOCCOc1cccc(NC(=O)CNc2cccc(Br)c2)c1. The summed E-state index contributed by atoms with van der Waals surface area (Å²) in [5, 5.41) is 5.92. The summed E-state index contributed by atoms with van der Waals surface area (Å²) < 4.78 is 11.8. The Balaban J connectivity index is 1.80. The third-order valence-corrected chi connectivity index (χ3v) is 3.59. The third kappa shape index (κ3) is 6.60. The molecule has 0 saturated carbocycles. The Labute approximate surface area is 150 Å². The molecule has 0 aliphatic heterocycles. The molecule has 0 unspecified atom stereocenters. The van der Waals surface area contributed by atoms with E-state index in [-0.39, 0.29) is 12.5 Å². The van der Waals surface area contributed by atoms with Gasteiger partial charge in [-0.1, -0.05) is 28.1 Å². The van der Waals surface area contributed by atoms with Crippen molar-refractivity contribution in [2.45, 2.75) is 6.92 Å². The van der Waals surface area contributed by atoms with Crippen molar-refractivity contribution in [2.24, 2.45) is 0 Å². The van der Waals surface area contributed by atoms with E-state index in [2.05, 4.69) is 26.6 Å². The second-order valence-electron chi connectivity index (χ2n) is 4.99. The standard InChI is InChI=1S/C18H21BrN2O3/c1-2-23-9-10-24-17-8-4-7-16(12-17)21-18(22)13-20-15-6-3-5-14(19)11-15/h3-8,11-12,20H,2,9-10,13H2,1H3,(H,21,22). The first-order chi connectivity index (χ1) is 11.7. The van der Waals surface area contributed by atoms with E-state index in [0.717, 1.165) is 10.2 Å². The molecular formula is C18H21BrN2O3. The molecule has 5 nitrogen and oxygen atoms in total. The zero-order valence-corrected chi connectivity index (χ0v) is 15.1. The molecule has 2 aromatic carbocycles. The van der Waals surface area contributed by atoms with Gasteiger partial charge >= 0.3 is 0 Å². The molecule has 0 bridgehead atoms. The van der Waals surface area contributed by atoms with Gasteiger partial charge in [-0.3, -0.25) is 4.79 Å². The van der Waals surface area contributed by atoms with Crippen LogP contribution in [0.2, 0.25) is 0 Å². The summed E-state index contributed by atoms with van der Waals surface area (Å²) in [6.45, 7) is 3.83. The van der Waals surface area contributed by atoms with Gasteiger partial charge in [0.05, 0.1) is 13.2 Å². The molecule has 128 valence electrons. The highest BCUT2D eigenvalue weighted by Crippen LogP contribution is 2.18. The monoisotopic (exact) mass is 392 g/mol. The minimum absolute atomic E-state index is 0.124. The van der Waals surface area contributed by atoms with Gasteiger partial charge in [0.25, 0.3) is 0 Å². The summed E-state index contributed by atoms with van der Waals surface area (Å²) in [5.74, 6) is 0.578. The Morgan fingerprint density at radius 1 is 1.08 bits per heavy atom. The number of hydrogen-bond acceptors (Lipinski definition) is 4. The molecule has 0 fully saturated rings. The number of rotatable bonds is 9. The van der Waals surface area contributed by atoms with E-state index in [9.17, 15) is 4.79 Å². The lowest BCUT2D eigenvalue weighted by Gasteiger charge is -2.10.